The predicted octanol–water partition coefficient (Wildman–Crippen LogP) is 4.24. The number of Topliss-reactive ketones (excluding diaryl/α,β-unsaturated/α-hetero) is 1. The van der Waals surface area contributed by atoms with Gasteiger partial charge in [-0.05, 0) is 48.7 Å². The van der Waals surface area contributed by atoms with Crippen molar-refractivity contribution in [1.29, 1.82) is 0 Å². The zero-order valence-corrected chi connectivity index (χ0v) is 21.0. The lowest BCUT2D eigenvalue weighted by Crippen LogP contribution is -2.36. The van der Waals surface area contributed by atoms with Crippen LogP contribution >= 0.6 is 0 Å². The van der Waals surface area contributed by atoms with Crippen LogP contribution in [0.25, 0.3) is 0 Å². The van der Waals surface area contributed by atoms with Crippen LogP contribution in [0.3, 0.4) is 0 Å². The molecule has 2 atom stereocenters. The topological polar surface area (TPSA) is 103 Å². The number of hydrogen-bond donors (Lipinski definition) is 2. The number of nitrogens with zero attached hydrogens (tertiary/aromatic N) is 2. The summed E-state index contributed by atoms with van der Waals surface area (Å²) in [6.45, 7) is 1.87. The maximum atomic E-state index is 13.8. The Kier molecular flexibility index (Phi) is 6.56. The van der Waals surface area contributed by atoms with Crippen molar-refractivity contribution in [2.24, 2.45) is 7.05 Å². The molecule has 2 aliphatic rings. The minimum atomic E-state index is -0.659. The van der Waals surface area contributed by atoms with Crippen molar-refractivity contribution in [1.82, 2.24) is 15.1 Å². The molecule has 0 saturated heterocycles. The highest BCUT2D eigenvalue weighted by atomic mass is 16.5. The van der Waals surface area contributed by atoms with Gasteiger partial charge in [-0.25, -0.2) is 4.79 Å². The number of phenolic OH excluding ortho intramolecular Hbond substituents is 1. The number of aromatic hydroxyl groups is 1. The van der Waals surface area contributed by atoms with Gasteiger partial charge >= 0.3 is 5.97 Å². The Morgan fingerprint density at radius 3 is 2.70 bits per heavy atom. The van der Waals surface area contributed by atoms with Crippen LogP contribution in [-0.2, 0) is 28.0 Å². The smallest absolute Gasteiger partial charge is 0.337 e. The van der Waals surface area contributed by atoms with Gasteiger partial charge in [-0.3, -0.25) is 9.48 Å². The third kappa shape index (κ3) is 4.62. The highest BCUT2D eigenvalue weighted by Crippen LogP contribution is 2.47. The molecule has 5 rings (SSSR count). The maximum Gasteiger partial charge on any atom is 0.337 e. The molecule has 0 bridgehead atoms. The molecule has 37 heavy (non-hydrogen) atoms. The predicted molar refractivity (Wildman–Crippen MR) is 137 cm³/mol. The molecule has 0 saturated carbocycles. The standard InChI is InChI=1S/C29H29N3O5/c1-17-26(29(35)37-16-20-11-12-30-32(20)2)27(18-7-6-8-21(33)13-18)28-23(31-17)14-19(15-24(28)34)22-9-4-5-10-25(22)36-3/h4-13,19,27,31,33H,14-16H2,1-3H3/t19-,27-/m1/s1. The van der Waals surface area contributed by atoms with Crippen LogP contribution < -0.4 is 10.1 Å². The van der Waals surface area contributed by atoms with Crippen molar-refractivity contribution < 1.29 is 24.2 Å². The van der Waals surface area contributed by atoms with Gasteiger partial charge in [0.15, 0.2) is 5.78 Å². The lowest BCUT2D eigenvalue weighted by atomic mass is 9.71. The van der Waals surface area contributed by atoms with Gasteiger partial charge in [0.2, 0.25) is 0 Å². The van der Waals surface area contributed by atoms with Gasteiger partial charge in [0.05, 0.1) is 18.4 Å². The second kappa shape index (κ2) is 9.97. The van der Waals surface area contributed by atoms with Crippen molar-refractivity contribution in [2.45, 2.75) is 38.2 Å². The summed E-state index contributed by atoms with van der Waals surface area (Å²) in [5, 5.41) is 17.7. The summed E-state index contributed by atoms with van der Waals surface area (Å²) in [5.41, 5.74) is 4.67. The molecule has 8 heteroatoms. The number of ketones is 1. The zero-order valence-electron chi connectivity index (χ0n) is 21.0. The fourth-order valence-electron chi connectivity index (χ4n) is 5.33. The first-order valence-electron chi connectivity index (χ1n) is 12.2. The molecular weight excluding hydrogens is 470 g/mol. The van der Waals surface area contributed by atoms with E-state index in [1.807, 2.05) is 37.3 Å². The number of ether oxygens (including phenoxy) is 2. The second-order valence-corrected chi connectivity index (χ2v) is 9.38. The van der Waals surface area contributed by atoms with Crippen LogP contribution in [0.2, 0.25) is 0 Å². The van der Waals surface area contributed by atoms with Crippen LogP contribution in [0.4, 0.5) is 0 Å². The van der Waals surface area contributed by atoms with Gasteiger partial charge in [-0.2, -0.15) is 5.10 Å². The summed E-state index contributed by atoms with van der Waals surface area (Å²) >= 11 is 0. The van der Waals surface area contributed by atoms with Crippen molar-refractivity contribution in [3.63, 3.8) is 0 Å². The van der Waals surface area contributed by atoms with Crippen molar-refractivity contribution in [3.05, 3.63) is 100 Å². The minimum absolute atomic E-state index is 0.0502. The summed E-state index contributed by atoms with van der Waals surface area (Å²) in [5.74, 6) is -0.488. The number of para-hydroxylation sites is 1. The first-order valence-corrected chi connectivity index (χ1v) is 12.2. The van der Waals surface area contributed by atoms with E-state index in [2.05, 4.69) is 10.4 Å². The Hall–Kier alpha value is -4.33. The number of rotatable bonds is 6. The number of dihydropyridines is 1. The van der Waals surface area contributed by atoms with Gasteiger partial charge in [0.25, 0.3) is 0 Å². The van der Waals surface area contributed by atoms with Crippen molar-refractivity contribution in [3.8, 4) is 11.5 Å². The van der Waals surface area contributed by atoms with E-state index in [-0.39, 0.29) is 30.5 Å². The quantitative estimate of drug-likeness (QED) is 0.489. The Balaban J connectivity index is 1.53. The largest absolute Gasteiger partial charge is 0.508 e. The van der Waals surface area contributed by atoms with E-state index in [1.165, 1.54) is 0 Å². The lowest BCUT2D eigenvalue weighted by molar-refractivity contribution is -0.140. The molecule has 0 amide bonds. The average Bonchev–Trinajstić information content (AvgIpc) is 3.30. The van der Waals surface area contributed by atoms with Crippen LogP contribution in [0.15, 0.2) is 83.3 Å². The first kappa shape index (κ1) is 24.4. The monoisotopic (exact) mass is 499 g/mol. The Labute approximate surface area is 215 Å². The highest BCUT2D eigenvalue weighted by Gasteiger charge is 2.42. The van der Waals surface area contributed by atoms with Gasteiger partial charge < -0.3 is 19.9 Å². The highest BCUT2D eigenvalue weighted by molar-refractivity contribution is 6.04. The summed E-state index contributed by atoms with van der Waals surface area (Å²) in [7, 11) is 3.41. The Morgan fingerprint density at radius 1 is 1.16 bits per heavy atom. The Morgan fingerprint density at radius 2 is 1.97 bits per heavy atom. The molecule has 0 spiro atoms. The molecule has 3 aromatic rings. The third-order valence-corrected chi connectivity index (χ3v) is 7.10. The molecule has 0 unspecified atom stereocenters. The molecule has 1 aromatic heterocycles. The molecular formula is C29H29N3O5. The van der Waals surface area contributed by atoms with E-state index in [1.54, 1.807) is 49.3 Å². The van der Waals surface area contributed by atoms with Crippen LogP contribution in [0, 0.1) is 0 Å². The van der Waals surface area contributed by atoms with Gasteiger partial charge in [-0.15, -0.1) is 0 Å². The first-order chi connectivity index (χ1) is 17.9. The molecule has 2 N–H and O–H groups in total. The average molecular weight is 500 g/mol. The van der Waals surface area contributed by atoms with E-state index in [0.717, 1.165) is 22.7 Å². The fraction of sp³-hybridized carbons (Fsp3) is 0.276. The Bertz CT molecular complexity index is 1430. The van der Waals surface area contributed by atoms with Gasteiger partial charge in [-0.1, -0.05) is 30.3 Å². The summed E-state index contributed by atoms with van der Waals surface area (Å²) < 4.78 is 12.9. The zero-order chi connectivity index (χ0) is 26.1. The summed E-state index contributed by atoms with van der Waals surface area (Å²) in [6.07, 6.45) is 2.51. The number of benzene rings is 2. The van der Waals surface area contributed by atoms with Crippen molar-refractivity contribution >= 4 is 11.8 Å². The fourth-order valence-corrected chi connectivity index (χ4v) is 5.33. The van der Waals surface area contributed by atoms with Gasteiger partial charge in [0.1, 0.15) is 18.1 Å². The number of carbonyl (C=O) groups is 2. The van der Waals surface area contributed by atoms with E-state index in [0.29, 0.717) is 28.8 Å². The third-order valence-electron chi connectivity index (χ3n) is 7.10. The van der Waals surface area contributed by atoms with Crippen LogP contribution in [0.1, 0.15) is 48.4 Å². The van der Waals surface area contributed by atoms with Crippen molar-refractivity contribution in [2.75, 3.05) is 7.11 Å². The van der Waals surface area contributed by atoms with E-state index in [9.17, 15) is 14.7 Å². The molecule has 1 aliphatic carbocycles. The molecule has 190 valence electrons. The number of nitrogens with one attached hydrogen (secondary N) is 1. The molecule has 2 heterocycles. The SMILES string of the molecule is COc1ccccc1[C@H]1CC(=O)C2=C(C1)NC(C)=C(C(=O)OCc1ccnn1C)[C@H]2c1cccc(O)c1. The number of phenols is 1. The summed E-state index contributed by atoms with van der Waals surface area (Å²) in [4.78, 5) is 27.2. The lowest BCUT2D eigenvalue weighted by Gasteiger charge is -2.37. The van der Waals surface area contributed by atoms with Crippen LogP contribution in [0.5, 0.6) is 11.5 Å². The molecule has 2 aromatic carbocycles. The number of esters is 1. The number of carbonyl (C=O) groups excluding carboxylic acids is 2. The van der Waals surface area contributed by atoms with Crippen LogP contribution in [-0.4, -0.2) is 33.7 Å². The number of hydrogen-bond acceptors (Lipinski definition) is 7. The molecule has 0 radical (unpaired) electrons. The van der Waals surface area contributed by atoms with E-state index < -0.39 is 11.9 Å². The number of allylic oxidation sites excluding steroid dienone is 3. The molecule has 8 nitrogen and oxygen atoms in total. The number of aromatic nitrogens is 2. The van der Waals surface area contributed by atoms with Gasteiger partial charge in [0, 0.05) is 48.5 Å². The molecule has 0 fully saturated rings. The number of aryl methyl sites for hydroxylation is 1. The van der Waals surface area contributed by atoms with E-state index in [4.69, 9.17) is 9.47 Å². The second-order valence-electron chi connectivity index (χ2n) is 9.38. The normalized spacial score (nSPS) is 19.4. The van der Waals surface area contributed by atoms with E-state index >= 15 is 0 Å². The maximum absolute atomic E-state index is 13.8. The minimum Gasteiger partial charge on any atom is -0.508 e. The summed E-state index contributed by atoms with van der Waals surface area (Å²) in [6, 6.07) is 16.2. The molecule has 1 aliphatic heterocycles. The number of methoxy groups -OCH3 is 1.